The summed E-state index contributed by atoms with van der Waals surface area (Å²) in [4.78, 5) is 27.1. The highest BCUT2D eigenvalue weighted by molar-refractivity contribution is 8.01. The molecule has 0 radical (unpaired) electrons. The van der Waals surface area contributed by atoms with Gasteiger partial charge < -0.3 is 75.8 Å². The fourth-order valence-corrected chi connectivity index (χ4v) is 15.9. The third-order valence-corrected chi connectivity index (χ3v) is 20.4. The third-order valence-electron chi connectivity index (χ3n) is 16.3. The van der Waals surface area contributed by atoms with Crippen molar-refractivity contribution >= 4 is 47.2 Å². The van der Waals surface area contributed by atoms with Gasteiger partial charge in [-0.25, -0.2) is 9.59 Å². The zero-order valence-corrected chi connectivity index (χ0v) is 54.8. The smallest absolute Gasteiger partial charge is 0.338 e. The average Bonchev–Trinajstić information content (AvgIpc) is 2.45. The lowest BCUT2D eigenvalue weighted by atomic mass is 10.0. The van der Waals surface area contributed by atoms with Crippen LogP contribution in [0.3, 0.4) is 0 Å². The number of benzene rings is 6. The van der Waals surface area contributed by atoms with E-state index in [1.165, 1.54) is 23.5 Å². The fraction of sp³-hybridized carbons (Fsp3) is 0.457. The van der Waals surface area contributed by atoms with E-state index in [0.717, 1.165) is 33.8 Å². The largest absolute Gasteiger partial charge is 0.497 e. The van der Waals surface area contributed by atoms with Crippen molar-refractivity contribution < 1.29 is 85.4 Å². The SMILES string of the molecule is COc1ccc(COC[C@H]2S[C@H](O[C@@H]3[C@H]4OC(C)(C)O[C@@H]4[C@@H](COC(=O)c4ccccc4)S[C@@H]3O[C@H]3CS[C@H](COC(=O)c4ccccc4)[C@H]4OC(C)(C)O[C@@H]43)[C@H](OCc3ccc(OC)cc3)[C@@H](OCc3ccc(OC)cc3)[C@@H]2OCc2ccc(OC)cc2)cc1. The molecule has 18 nitrogen and oxygen atoms in total. The molecule has 6 aromatic carbocycles. The van der Waals surface area contributed by atoms with Crippen LogP contribution in [0.25, 0.3) is 0 Å². The van der Waals surface area contributed by atoms with Crippen LogP contribution < -0.4 is 18.9 Å². The number of fused-ring (bicyclic) bond motifs is 2. The van der Waals surface area contributed by atoms with Gasteiger partial charge in [-0.15, -0.1) is 35.3 Å². The topological polar surface area (TPSA) is 182 Å². The molecule has 0 N–H and O–H groups in total. The van der Waals surface area contributed by atoms with E-state index in [9.17, 15) is 9.59 Å². The third kappa shape index (κ3) is 17.1. The van der Waals surface area contributed by atoms with Crippen molar-refractivity contribution in [2.75, 3.05) is 54.0 Å². The molecule has 0 aliphatic carbocycles. The van der Waals surface area contributed by atoms with Crippen molar-refractivity contribution in [2.24, 2.45) is 0 Å². The minimum Gasteiger partial charge on any atom is -0.497 e. The molecule has 21 heteroatoms. The molecule has 0 aromatic heterocycles. The quantitative estimate of drug-likeness (QED) is 0.0444. The average molecular weight is 1310 g/mol. The molecular formula is C70H80O18S3. The number of hydrogen-bond donors (Lipinski definition) is 0. The van der Waals surface area contributed by atoms with Crippen molar-refractivity contribution in [3.63, 3.8) is 0 Å². The Bertz CT molecular complexity index is 3250. The lowest BCUT2D eigenvalue weighted by molar-refractivity contribution is -0.214. The van der Waals surface area contributed by atoms with Crippen molar-refractivity contribution in [1.29, 1.82) is 0 Å². The highest BCUT2D eigenvalue weighted by atomic mass is 32.2. The lowest BCUT2D eigenvalue weighted by Crippen LogP contribution is -2.62. The monoisotopic (exact) mass is 1300 g/mol. The zero-order valence-electron chi connectivity index (χ0n) is 52.3. The second-order valence-electron chi connectivity index (χ2n) is 23.5. The molecule has 5 fully saturated rings. The molecule has 11 rings (SSSR count). The van der Waals surface area contributed by atoms with Crippen LogP contribution in [0.1, 0.15) is 70.7 Å². The van der Waals surface area contributed by atoms with Crippen LogP contribution in [-0.2, 0) is 83.3 Å². The maximum absolute atomic E-state index is 13.8. The van der Waals surface area contributed by atoms with Gasteiger partial charge in [-0.05, 0) is 123 Å². The second-order valence-corrected chi connectivity index (χ2v) is 27.5. The summed E-state index contributed by atoms with van der Waals surface area (Å²) >= 11 is 4.59. The molecule has 0 amide bonds. The number of carbonyl (C=O) groups excluding carboxylic acids is 2. The molecule has 0 saturated carbocycles. The molecule has 14 atom stereocenters. The Kier molecular flexibility index (Phi) is 22.6. The molecule has 0 spiro atoms. The Labute approximate surface area is 545 Å². The maximum atomic E-state index is 13.8. The van der Waals surface area contributed by atoms with Crippen molar-refractivity contribution in [3.8, 4) is 23.0 Å². The fourth-order valence-electron chi connectivity index (χ4n) is 11.7. The highest BCUT2D eigenvalue weighted by Crippen LogP contribution is 2.50. The van der Waals surface area contributed by atoms with Crippen LogP contribution in [0.2, 0.25) is 0 Å². The number of methoxy groups -OCH3 is 4. The molecule has 6 aromatic rings. The Balaban J connectivity index is 0.964. The minimum atomic E-state index is -1.11. The van der Waals surface area contributed by atoms with Gasteiger partial charge in [0.2, 0.25) is 0 Å². The van der Waals surface area contributed by atoms with E-state index < -0.39 is 99.8 Å². The summed E-state index contributed by atoms with van der Waals surface area (Å²) in [6, 6.07) is 48.9. The molecular weight excluding hydrogens is 1220 g/mol. The van der Waals surface area contributed by atoms with Gasteiger partial charge in [-0.3, -0.25) is 0 Å². The van der Waals surface area contributed by atoms with Gasteiger partial charge in [0.05, 0.1) is 94.5 Å². The van der Waals surface area contributed by atoms with Crippen LogP contribution >= 0.6 is 35.3 Å². The Morgan fingerprint density at radius 2 is 0.813 bits per heavy atom. The number of hydrogen-bond acceptors (Lipinski definition) is 21. The summed E-state index contributed by atoms with van der Waals surface area (Å²) in [6.45, 7) is 8.60. The summed E-state index contributed by atoms with van der Waals surface area (Å²) in [7, 11) is 6.55. The molecule has 5 saturated heterocycles. The standard InChI is InChI=1S/C70H80O18S3/c1-69(2)85-57-53(42-89-54(59(57)86-69)40-81-65(71)47-15-11-9-12-16-47)83-68-64(62-60(87-70(3,4)88-62)56(91-68)41-82-66(72)48-17-13-10-14-18-48)84-67-63(80-38-46-25-33-52(76-8)34-26-46)61(79-37-45-23-31-51(75-7)32-24-45)58(78-36-44-21-29-50(74-6)30-22-44)55(90-67)39-77-35-43-19-27-49(73-5)28-20-43/h9-34,53-64,67-68H,35-42H2,1-8H3/t53-,54+,55+,56+,57+,58+,59+,60+,61-,62-,63+,64+,67-,68-/m0/s1. The summed E-state index contributed by atoms with van der Waals surface area (Å²) in [5.74, 6) is 0.302. The van der Waals surface area contributed by atoms with Crippen molar-refractivity contribution in [2.45, 2.75) is 147 Å². The molecule has 0 unspecified atom stereocenters. The van der Waals surface area contributed by atoms with Gasteiger partial charge in [0.1, 0.15) is 95.9 Å². The first-order valence-electron chi connectivity index (χ1n) is 30.5. The van der Waals surface area contributed by atoms with Crippen LogP contribution in [0.15, 0.2) is 158 Å². The minimum absolute atomic E-state index is 0.0353. The molecule has 5 aliphatic rings. The highest BCUT2D eigenvalue weighted by Gasteiger charge is 2.60. The zero-order chi connectivity index (χ0) is 63.5. The number of rotatable bonds is 27. The Morgan fingerprint density at radius 1 is 0.418 bits per heavy atom. The van der Waals surface area contributed by atoms with Gasteiger partial charge in [0.15, 0.2) is 11.6 Å². The van der Waals surface area contributed by atoms with E-state index >= 15 is 0 Å². The van der Waals surface area contributed by atoms with Crippen LogP contribution in [0.4, 0.5) is 0 Å². The maximum Gasteiger partial charge on any atom is 0.338 e. The van der Waals surface area contributed by atoms with Crippen LogP contribution in [0, 0.1) is 0 Å². The Morgan fingerprint density at radius 3 is 1.30 bits per heavy atom. The van der Waals surface area contributed by atoms with Gasteiger partial charge in [0.25, 0.3) is 0 Å². The van der Waals surface area contributed by atoms with Crippen LogP contribution in [0.5, 0.6) is 23.0 Å². The van der Waals surface area contributed by atoms with Gasteiger partial charge >= 0.3 is 11.9 Å². The van der Waals surface area contributed by atoms with E-state index in [4.69, 9.17) is 75.8 Å². The summed E-state index contributed by atoms with van der Waals surface area (Å²) in [5, 5.41) is -1.23. The molecule has 5 aliphatic heterocycles. The summed E-state index contributed by atoms with van der Waals surface area (Å²) in [6.07, 6.45) is -6.34. The van der Waals surface area contributed by atoms with E-state index in [2.05, 4.69) is 0 Å². The number of thioether (sulfide) groups is 3. The summed E-state index contributed by atoms with van der Waals surface area (Å²) in [5.41, 5.74) is 2.88. The van der Waals surface area contributed by atoms with E-state index in [1.54, 1.807) is 88.7 Å². The predicted molar refractivity (Wildman–Crippen MR) is 345 cm³/mol. The number of ether oxygens (including phenoxy) is 16. The molecule has 5 heterocycles. The Hall–Kier alpha value is -5.89. The molecule has 91 heavy (non-hydrogen) atoms. The number of carbonyl (C=O) groups is 2. The molecule has 486 valence electrons. The molecule has 0 bridgehead atoms. The normalized spacial score (nSPS) is 28.0. The summed E-state index contributed by atoms with van der Waals surface area (Å²) < 4.78 is 105. The first-order valence-corrected chi connectivity index (χ1v) is 33.4. The van der Waals surface area contributed by atoms with Crippen LogP contribution in [-0.4, -0.2) is 159 Å². The predicted octanol–water partition coefficient (Wildman–Crippen LogP) is 11.5. The second kappa shape index (κ2) is 30.9. The lowest BCUT2D eigenvalue weighted by Gasteiger charge is -2.49. The van der Waals surface area contributed by atoms with E-state index in [0.29, 0.717) is 35.0 Å². The van der Waals surface area contributed by atoms with Gasteiger partial charge in [-0.1, -0.05) is 84.9 Å². The van der Waals surface area contributed by atoms with Crippen molar-refractivity contribution in [3.05, 3.63) is 191 Å². The van der Waals surface area contributed by atoms with Crippen molar-refractivity contribution in [1.82, 2.24) is 0 Å². The van der Waals surface area contributed by atoms with Gasteiger partial charge in [-0.2, -0.15) is 0 Å². The number of esters is 2. The van der Waals surface area contributed by atoms with Gasteiger partial charge in [0, 0.05) is 5.75 Å². The van der Waals surface area contributed by atoms with E-state index in [1.807, 2.05) is 137 Å². The first kappa shape index (κ1) is 66.6. The first-order chi connectivity index (χ1) is 44.1. The van der Waals surface area contributed by atoms with E-state index in [-0.39, 0.29) is 44.9 Å².